The number of hydrogen-bond acceptors (Lipinski definition) is 3. The predicted octanol–water partition coefficient (Wildman–Crippen LogP) is 5.93. The van der Waals surface area contributed by atoms with Crippen molar-refractivity contribution in [3.05, 3.63) is 88.7 Å². The van der Waals surface area contributed by atoms with Crippen LogP contribution in [0.4, 0.5) is 5.69 Å². The van der Waals surface area contributed by atoms with Gasteiger partial charge in [0.05, 0.1) is 17.6 Å². The van der Waals surface area contributed by atoms with Crippen molar-refractivity contribution in [2.45, 2.75) is 46.6 Å². The summed E-state index contributed by atoms with van der Waals surface area (Å²) in [4.78, 5) is 20.0. The van der Waals surface area contributed by atoms with Crippen LogP contribution in [0.15, 0.2) is 60.7 Å². The maximum absolute atomic E-state index is 13.1. The second-order valence-electron chi connectivity index (χ2n) is 9.25. The summed E-state index contributed by atoms with van der Waals surface area (Å²) in [7, 11) is 0. The van der Waals surface area contributed by atoms with Crippen molar-refractivity contribution in [1.82, 2.24) is 9.55 Å². The highest BCUT2D eigenvalue weighted by molar-refractivity contribution is 5.96. The Morgan fingerprint density at radius 2 is 1.71 bits per heavy atom. The number of benzene rings is 3. The molecule has 5 nitrogen and oxygen atoms in total. The maximum atomic E-state index is 13.1. The van der Waals surface area contributed by atoms with Crippen LogP contribution in [0, 0.1) is 20.8 Å². The minimum absolute atomic E-state index is 0.0394. The molecule has 0 aliphatic carbocycles. The summed E-state index contributed by atoms with van der Waals surface area (Å²) in [5, 5.41) is 0. The highest BCUT2D eigenvalue weighted by atomic mass is 16.5. The Morgan fingerprint density at radius 1 is 1.00 bits per heavy atom. The number of aryl methyl sites for hydroxylation is 3. The van der Waals surface area contributed by atoms with Gasteiger partial charge in [0, 0.05) is 31.1 Å². The Bertz CT molecular complexity index is 1330. The third kappa shape index (κ3) is 4.07. The van der Waals surface area contributed by atoms with E-state index in [1.54, 1.807) is 0 Å². The van der Waals surface area contributed by atoms with Gasteiger partial charge in [-0.15, -0.1) is 0 Å². The number of imidazole rings is 1. The topological polar surface area (TPSA) is 47.4 Å². The van der Waals surface area contributed by atoms with Crippen molar-refractivity contribution in [2.75, 3.05) is 18.1 Å². The Morgan fingerprint density at radius 3 is 2.41 bits per heavy atom. The van der Waals surface area contributed by atoms with Gasteiger partial charge in [-0.25, -0.2) is 4.98 Å². The van der Waals surface area contributed by atoms with E-state index in [0.717, 1.165) is 34.8 Å². The molecule has 5 heteroatoms. The van der Waals surface area contributed by atoms with Gasteiger partial charge in [0.2, 0.25) is 5.91 Å². The summed E-state index contributed by atoms with van der Waals surface area (Å²) in [5.41, 5.74) is 8.18. The number of rotatable bonds is 6. The predicted molar refractivity (Wildman–Crippen MR) is 137 cm³/mol. The Labute approximate surface area is 201 Å². The standard InChI is InChI=1S/C29H31N3O2/c1-5-34-24-12-10-23(11-13-24)31-17-22(16-28(31)33)29-30-26-8-6-7-9-27(26)32(29)18-25-20(3)14-19(2)15-21(25)4/h6-15,22H,5,16-18H2,1-4H3. The number of ether oxygens (including phenoxy) is 1. The first-order valence-corrected chi connectivity index (χ1v) is 12.0. The van der Waals surface area contributed by atoms with E-state index >= 15 is 0 Å². The lowest BCUT2D eigenvalue weighted by molar-refractivity contribution is -0.117. The third-order valence-corrected chi connectivity index (χ3v) is 6.79. The fourth-order valence-corrected chi connectivity index (χ4v) is 5.21. The highest BCUT2D eigenvalue weighted by Crippen LogP contribution is 2.34. The lowest BCUT2D eigenvalue weighted by Crippen LogP contribution is -2.24. The monoisotopic (exact) mass is 453 g/mol. The second-order valence-corrected chi connectivity index (χ2v) is 9.25. The minimum Gasteiger partial charge on any atom is -0.494 e. The van der Waals surface area contributed by atoms with Crippen LogP contribution in [0.1, 0.15) is 47.3 Å². The molecule has 1 amide bonds. The SMILES string of the molecule is CCOc1ccc(N2CC(c3nc4ccccc4n3Cc3c(C)cc(C)cc3C)CC2=O)cc1. The average Bonchev–Trinajstić information content (AvgIpc) is 3.37. The van der Waals surface area contributed by atoms with Gasteiger partial charge in [-0.3, -0.25) is 4.79 Å². The summed E-state index contributed by atoms with van der Waals surface area (Å²) >= 11 is 0. The zero-order valence-corrected chi connectivity index (χ0v) is 20.3. The van der Waals surface area contributed by atoms with Gasteiger partial charge < -0.3 is 14.2 Å². The normalized spacial score (nSPS) is 15.9. The van der Waals surface area contributed by atoms with Gasteiger partial charge in [-0.2, -0.15) is 0 Å². The fourth-order valence-electron chi connectivity index (χ4n) is 5.21. The van der Waals surface area contributed by atoms with Crippen molar-refractivity contribution in [1.29, 1.82) is 0 Å². The maximum Gasteiger partial charge on any atom is 0.227 e. The largest absolute Gasteiger partial charge is 0.494 e. The molecule has 1 aliphatic heterocycles. The molecular formula is C29H31N3O2. The Kier molecular flexibility index (Phi) is 5.86. The number of carbonyl (C=O) groups excluding carboxylic acids is 1. The molecule has 1 aromatic heterocycles. The van der Waals surface area contributed by atoms with Crippen LogP contribution in [-0.2, 0) is 11.3 Å². The molecule has 0 radical (unpaired) electrons. The molecule has 0 bridgehead atoms. The van der Waals surface area contributed by atoms with E-state index in [-0.39, 0.29) is 11.8 Å². The fraction of sp³-hybridized carbons (Fsp3) is 0.310. The summed E-state index contributed by atoms with van der Waals surface area (Å²) in [5.74, 6) is 1.98. The quantitative estimate of drug-likeness (QED) is 0.364. The number of nitrogens with zero attached hydrogens (tertiary/aromatic N) is 3. The first-order valence-electron chi connectivity index (χ1n) is 12.0. The Balaban J connectivity index is 1.50. The molecule has 174 valence electrons. The molecule has 1 aliphatic rings. The molecule has 1 fully saturated rings. The summed E-state index contributed by atoms with van der Waals surface area (Å²) in [6, 6.07) is 20.6. The van der Waals surface area contributed by atoms with E-state index in [1.165, 1.54) is 22.3 Å². The van der Waals surface area contributed by atoms with Crippen LogP contribution in [0.3, 0.4) is 0 Å². The van der Waals surface area contributed by atoms with Gasteiger partial charge >= 0.3 is 0 Å². The highest BCUT2D eigenvalue weighted by Gasteiger charge is 2.35. The van der Waals surface area contributed by atoms with Crippen LogP contribution < -0.4 is 9.64 Å². The van der Waals surface area contributed by atoms with Crippen molar-refractivity contribution in [2.24, 2.45) is 0 Å². The minimum atomic E-state index is 0.0394. The van der Waals surface area contributed by atoms with E-state index in [0.29, 0.717) is 19.6 Å². The van der Waals surface area contributed by atoms with Gasteiger partial charge in [0.15, 0.2) is 0 Å². The summed E-state index contributed by atoms with van der Waals surface area (Å²) in [6.07, 6.45) is 0.461. The summed E-state index contributed by atoms with van der Waals surface area (Å²) in [6.45, 7) is 10.5. The van der Waals surface area contributed by atoms with E-state index in [9.17, 15) is 4.79 Å². The molecular weight excluding hydrogens is 422 g/mol. The zero-order valence-electron chi connectivity index (χ0n) is 20.3. The van der Waals surface area contributed by atoms with Crippen molar-refractivity contribution >= 4 is 22.6 Å². The molecule has 0 spiro atoms. The van der Waals surface area contributed by atoms with E-state index in [1.807, 2.05) is 42.2 Å². The molecule has 1 saturated heterocycles. The van der Waals surface area contributed by atoms with Crippen LogP contribution in [0.2, 0.25) is 0 Å². The summed E-state index contributed by atoms with van der Waals surface area (Å²) < 4.78 is 7.88. The van der Waals surface area contributed by atoms with Crippen molar-refractivity contribution < 1.29 is 9.53 Å². The van der Waals surface area contributed by atoms with Gasteiger partial charge in [-0.1, -0.05) is 29.8 Å². The molecule has 2 heterocycles. The van der Waals surface area contributed by atoms with Gasteiger partial charge in [0.1, 0.15) is 11.6 Å². The van der Waals surface area contributed by atoms with E-state index < -0.39 is 0 Å². The number of hydrogen-bond donors (Lipinski definition) is 0. The van der Waals surface area contributed by atoms with Gasteiger partial charge in [0.25, 0.3) is 0 Å². The van der Waals surface area contributed by atoms with Crippen LogP contribution in [0.25, 0.3) is 11.0 Å². The molecule has 4 aromatic rings. The van der Waals surface area contributed by atoms with E-state index in [2.05, 4.69) is 55.7 Å². The lowest BCUT2D eigenvalue weighted by atomic mass is 9.99. The number of anilines is 1. The third-order valence-electron chi connectivity index (χ3n) is 6.79. The molecule has 1 unspecified atom stereocenters. The molecule has 3 aromatic carbocycles. The van der Waals surface area contributed by atoms with Crippen LogP contribution >= 0.6 is 0 Å². The average molecular weight is 454 g/mol. The number of amides is 1. The van der Waals surface area contributed by atoms with Crippen molar-refractivity contribution in [3.8, 4) is 5.75 Å². The molecule has 34 heavy (non-hydrogen) atoms. The number of para-hydroxylation sites is 2. The number of fused-ring (bicyclic) bond motifs is 1. The first kappa shape index (κ1) is 22.2. The van der Waals surface area contributed by atoms with E-state index in [4.69, 9.17) is 9.72 Å². The number of aromatic nitrogens is 2. The van der Waals surface area contributed by atoms with Crippen LogP contribution in [-0.4, -0.2) is 28.6 Å². The molecule has 0 N–H and O–H groups in total. The molecule has 1 atom stereocenters. The molecule has 5 rings (SSSR count). The smallest absolute Gasteiger partial charge is 0.227 e. The van der Waals surface area contributed by atoms with Crippen LogP contribution in [0.5, 0.6) is 5.75 Å². The van der Waals surface area contributed by atoms with Crippen molar-refractivity contribution in [3.63, 3.8) is 0 Å². The number of carbonyl (C=O) groups is 1. The Hall–Kier alpha value is -3.60. The zero-order chi connectivity index (χ0) is 23.8. The van der Waals surface area contributed by atoms with Gasteiger partial charge in [-0.05, 0) is 80.8 Å². The molecule has 0 saturated carbocycles. The lowest BCUT2D eigenvalue weighted by Gasteiger charge is -2.19. The first-order chi connectivity index (χ1) is 16.4. The second kappa shape index (κ2) is 8.98.